The smallest absolute Gasteiger partial charge is 0.427 e. The highest BCUT2D eigenvalue weighted by atomic mass is 32.2. The zero-order valence-corrected chi connectivity index (χ0v) is 11.2. The number of diazo groups is 1. The van der Waals surface area contributed by atoms with E-state index >= 15 is 0 Å². The van der Waals surface area contributed by atoms with Gasteiger partial charge in [-0.15, -0.1) is 9.32 Å². The zero-order chi connectivity index (χ0) is 13.2. The summed E-state index contributed by atoms with van der Waals surface area (Å²) in [4.78, 5) is 8.62. The van der Waals surface area contributed by atoms with E-state index in [2.05, 4.69) is 17.4 Å². The van der Waals surface area contributed by atoms with E-state index in [1.807, 2.05) is 0 Å². The third-order valence-corrected chi connectivity index (χ3v) is 2.70. The first-order valence-electron chi connectivity index (χ1n) is 5.58. The van der Waals surface area contributed by atoms with E-state index in [1.165, 1.54) is 7.11 Å². The fourth-order valence-corrected chi connectivity index (χ4v) is 1.61. The van der Waals surface area contributed by atoms with Crippen LogP contribution in [0.3, 0.4) is 0 Å². The maximum absolute atomic E-state index is 8.79. The standard InChI is InChI=1S/C11H16N3O3S/c1-3-4-7-13-16-17-18-9-5-6-11(15-2)10(8-9)14-12/h5-6,8,13H,3-4,7H2,1-2H3/q+1. The minimum Gasteiger partial charge on any atom is -0.489 e. The molecule has 0 saturated carbocycles. The second-order valence-electron chi connectivity index (χ2n) is 3.42. The lowest BCUT2D eigenvalue weighted by Gasteiger charge is -2.03. The Morgan fingerprint density at radius 3 is 2.94 bits per heavy atom. The van der Waals surface area contributed by atoms with Crippen LogP contribution in [0.1, 0.15) is 19.8 Å². The fourth-order valence-electron chi connectivity index (χ4n) is 1.17. The van der Waals surface area contributed by atoms with Crippen molar-refractivity contribution in [2.75, 3.05) is 13.7 Å². The second-order valence-corrected chi connectivity index (χ2v) is 4.19. The van der Waals surface area contributed by atoms with Crippen LogP contribution >= 0.6 is 12.0 Å². The van der Waals surface area contributed by atoms with Gasteiger partial charge >= 0.3 is 5.69 Å². The van der Waals surface area contributed by atoms with Gasteiger partial charge < -0.3 is 4.74 Å². The van der Waals surface area contributed by atoms with E-state index in [9.17, 15) is 0 Å². The molecule has 0 heterocycles. The lowest BCUT2D eigenvalue weighted by atomic mass is 10.3. The Labute approximate surface area is 110 Å². The van der Waals surface area contributed by atoms with Gasteiger partial charge in [0.2, 0.25) is 11.1 Å². The number of hydroxylamine groups is 1. The summed E-state index contributed by atoms with van der Waals surface area (Å²) in [5.41, 5.74) is 3.01. The van der Waals surface area contributed by atoms with Crippen molar-refractivity contribution in [3.05, 3.63) is 23.2 Å². The summed E-state index contributed by atoms with van der Waals surface area (Å²) in [7, 11) is 1.51. The van der Waals surface area contributed by atoms with Crippen molar-refractivity contribution in [2.24, 2.45) is 0 Å². The number of ether oxygens (including phenoxy) is 1. The van der Waals surface area contributed by atoms with Crippen LogP contribution in [0.2, 0.25) is 0 Å². The average molecular weight is 270 g/mol. The molecule has 0 atom stereocenters. The van der Waals surface area contributed by atoms with Crippen LogP contribution in [0.25, 0.3) is 4.98 Å². The highest BCUT2D eigenvalue weighted by molar-refractivity contribution is 7.94. The molecule has 0 unspecified atom stereocenters. The monoisotopic (exact) mass is 270 g/mol. The average Bonchev–Trinajstić information content (AvgIpc) is 2.42. The van der Waals surface area contributed by atoms with Gasteiger partial charge in [-0.2, -0.15) is 5.48 Å². The summed E-state index contributed by atoms with van der Waals surface area (Å²) in [6.45, 7) is 2.82. The van der Waals surface area contributed by atoms with Gasteiger partial charge in [-0.1, -0.05) is 13.3 Å². The zero-order valence-electron chi connectivity index (χ0n) is 10.4. The number of hydrogen-bond acceptors (Lipinski definition) is 6. The summed E-state index contributed by atoms with van der Waals surface area (Å²) < 4.78 is 9.89. The maximum Gasteiger partial charge on any atom is 0.427 e. The van der Waals surface area contributed by atoms with Crippen molar-refractivity contribution in [1.29, 1.82) is 5.39 Å². The molecule has 0 spiro atoms. The lowest BCUT2D eigenvalue weighted by Crippen LogP contribution is -2.14. The molecule has 0 amide bonds. The van der Waals surface area contributed by atoms with E-state index < -0.39 is 0 Å². The SMILES string of the molecule is CCCCNOOSc1ccc(OC)c([N+]#N)c1. The number of nitrogens with zero attached hydrogens (tertiary/aromatic N) is 2. The van der Waals surface area contributed by atoms with Crippen LogP contribution in [0.4, 0.5) is 5.69 Å². The molecule has 0 fully saturated rings. The number of hydrogen-bond donors (Lipinski definition) is 1. The Morgan fingerprint density at radius 1 is 1.44 bits per heavy atom. The van der Waals surface area contributed by atoms with Crippen LogP contribution in [0.5, 0.6) is 5.75 Å². The molecule has 1 aromatic rings. The first-order valence-corrected chi connectivity index (χ1v) is 6.32. The summed E-state index contributed by atoms with van der Waals surface area (Å²) in [6.07, 6.45) is 2.10. The molecule has 0 aromatic heterocycles. The van der Waals surface area contributed by atoms with Crippen LogP contribution in [-0.2, 0) is 9.32 Å². The van der Waals surface area contributed by atoms with E-state index in [-0.39, 0.29) is 0 Å². The quantitative estimate of drug-likeness (QED) is 0.256. The van der Waals surface area contributed by atoms with Crippen molar-refractivity contribution >= 4 is 17.7 Å². The number of benzene rings is 1. The van der Waals surface area contributed by atoms with Crippen LogP contribution < -0.4 is 10.2 Å². The highest BCUT2D eigenvalue weighted by Crippen LogP contribution is 2.32. The predicted molar refractivity (Wildman–Crippen MR) is 68.7 cm³/mol. The van der Waals surface area contributed by atoms with Crippen LogP contribution in [-0.4, -0.2) is 13.7 Å². The van der Waals surface area contributed by atoms with Gasteiger partial charge in [0.1, 0.15) is 0 Å². The van der Waals surface area contributed by atoms with Crippen molar-refractivity contribution in [2.45, 2.75) is 24.7 Å². The number of methoxy groups -OCH3 is 1. The van der Waals surface area contributed by atoms with E-state index in [1.54, 1.807) is 18.2 Å². The Morgan fingerprint density at radius 2 is 2.28 bits per heavy atom. The van der Waals surface area contributed by atoms with E-state index in [4.69, 9.17) is 19.5 Å². The summed E-state index contributed by atoms with van der Waals surface area (Å²) in [6, 6.07) is 5.08. The van der Waals surface area contributed by atoms with Gasteiger partial charge in [0, 0.05) is 11.4 Å². The Kier molecular flexibility index (Phi) is 7.13. The van der Waals surface area contributed by atoms with E-state index in [0.29, 0.717) is 11.4 Å². The maximum atomic E-state index is 8.79. The van der Waals surface area contributed by atoms with E-state index in [0.717, 1.165) is 36.3 Å². The molecule has 0 aliphatic carbocycles. The minimum absolute atomic E-state index is 0.338. The van der Waals surface area contributed by atoms with Gasteiger partial charge in [-0.25, -0.2) is 0 Å². The Bertz CT molecular complexity index is 409. The van der Waals surface area contributed by atoms with Crippen LogP contribution in [0, 0.1) is 5.39 Å². The third kappa shape index (κ3) is 4.89. The molecule has 18 heavy (non-hydrogen) atoms. The van der Waals surface area contributed by atoms with Gasteiger partial charge in [-0.05, 0) is 18.6 Å². The van der Waals surface area contributed by atoms with Crippen LogP contribution in [0.15, 0.2) is 23.1 Å². The number of rotatable bonds is 8. The predicted octanol–water partition coefficient (Wildman–Crippen LogP) is 3.44. The van der Waals surface area contributed by atoms with Gasteiger partial charge in [0.15, 0.2) is 4.98 Å². The molecule has 98 valence electrons. The van der Waals surface area contributed by atoms with Crippen molar-refractivity contribution < 1.29 is 14.1 Å². The molecule has 0 aliphatic rings. The molecule has 0 radical (unpaired) electrons. The second kappa shape index (κ2) is 8.72. The molecular formula is C11H16N3O3S+. The Hall–Kier alpha value is -1.33. The highest BCUT2D eigenvalue weighted by Gasteiger charge is 2.15. The van der Waals surface area contributed by atoms with Crippen molar-refractivity contribution in [3.8, 4) is 5.75 Å². The van der Waals surface area contributed by atoms with Crippen molar-refractivity contribution in [3.63, 3.8) is 0 Å². The molecule has 7 heteroatoms. The molecule has 1 aromatic carbocycles. The molecule has 0 aliphatic heterocycles. The Balaban J connectivity index is 2.37. The topological polar surface area (TPSA) is 67.9 Å². The summed E-state index contributed by atoms with van der Waals surface area (Å²) >= 11 is 1.02. The number of nitrogens with one attached hydrogen (secondary N) is 1. The third-order valence-electron chi connectivity index (χ3n) is 2.11. The largest absolute Gasteiger partial charge is 0.489 e. The van der Waals surface area contributed by atoms with Gasteiger partial charge in [0.25, 0.3) is 0 Å². The summed E-state index contributed by atoms with van der Waals surface area (Å²) in [5.74, 6) is 0.490. The normalized spacial score (nSPS) is 10.1. The van der Waals surface area contributed by atoms with Gasteiger partial charge in [0.05, 0.1) is 25.2 Å². The lowest BCUT2D eigenvalue weighted by molar-refractivity contribution is -0.244. The molecule has 0 bridgehead atoms. The molecule has 1 N–H and O–H groups in total. The summed E-state index contributed by atoms with van der Waals surface area (Å²) in [5, 5.41) is 8.79. The first-order chi connectivity index (χ1) is 8.81. The molecule has 6 nitrogen and oxygen atoms in total. The first kappa shape index (κ1) is 14.7. The van der Waals surface area contributed by atoms with Gasteiger partial charge in [-0.3, -0.25) is 0 Å². The minimum atomic E-state index is 0.338. The molecular weight excluding hydrogens is 254 g/mol. The molecule has 1 rings (SSSR count). The van der Waals surface area contributed by atoms with Crippen molar-refractivity contribution in [1.82, 2.24) is 5.48 Å². The molecule has 0 saturated heterocycles. The fraction of sp³-hybridized carbons (Fsp3) is 0.455. The number of unbranched alkanes of at least 4 members (excludes halogenated alkanes) is 1.